The van der Waals surface area contributed by atoms with Gasteiger partial charge in [0.25, 0.3) is 0 Å². The first kappa shape index (κ1) is 19.6. The van der Waals surface area contributed by atoms with Crippen molar-refractivity contribution in [3.63, 3.8) is 0 Å². The maximum atomic E-state index is 2.38. The normalized spacial score (nSPS) is 12.4. The Morgan fingerprint density at radius 1 is 0.889 bits per heavy atom. The largest absolute Gasteiger partial charge is 0.0683 e. The summed E-state index contributed by atoms with van der Waals surface area (Å²) in [5, 5.41) is 0. The highest BCUT2D eigenvalue weighted by molar-refractivity contribution is 5.19. The summed E-state index contributed by atoms with van der Waals surface area (Å²) in [5.74, 6) is 1.56. The van der Waals surface area contributed by atoms with E-state index in [1.807, 2.05) is 27.7 Å². The molecule has 0 aliphatic carbocycles. The highest BCUT2D eigenvalue weighted by atomic mass is 14.2. The fourth-order valence-electron chi connectivity index (χ4n) is 2.32. The number of hydrogen-bond acceptors (Lipinski definition) is 0. The molecule has 0 nitrogen and oxygen atoms in total. The van der Waals surface area contributed by atoms with Crippen LogP contribution in [0.25, 0.3) is 0 Å². The first-order chi connectivity index (χ1) is 8.79. The smallest absolute Gasteiger partial charge is 0.0139 e. The second kappa shape index (κ2) is 14.3. The van der Waals surface area contributed by atoms with E-state index in [1.54, 1.807) is 0 Å². The summed E-state index contributed by atoms with van der Waals surface area (Å²) in [5.41, 5.74) is 1.51. The van der Waals surface area contributed by atoms with Gasteiger partial charge < -0.3 is 0 Å². The molecule has 2 unspecified atom stereocenters. The Bertz CT molecular complexity index is 237. The van der Waals surface area contributed by atoms with Crippen LogP contribution >= 0.6 is 0 Å². The third-order valence-corrected chi connectivity index (χ3v) is 3.10. The van der Waals surface area contributed by atoms with Gasteiger partial charge in [-0.1, -0.05) is 91.6 Å². The molecule has 0 spiro atoms. The van der Waals surface area contributed by atoms with Gasteiger partial charge in [-0.2, -0.15) is 0 Å². The van der Waals surface area contributed by atoms with Gasteiger partial charge in [-0.05, 0) is 23.8 Å². The van der Waals surface area contributed by atoms with Gasteiger partial charge in [0.2, 0.25) is 0 Å². The van der Waals surface area contributed by atoms with Crippen LogP contribution in [-0.4, -0.2) is 0 Å². The molecule has 1 aromatic rings. The fourth-order valence-corrected chi connectivity index (χ4v) is 2.32. The first-order valence-electron chi connectivity index (χ1n) is 7.84. The lowest BCUT2D eigenvalue weighted by atomic mass is 9.83. The second-order valence-corrected chi connectivity index (χ2v) is 4.19. The molecule has 0 aliphatic rings. The van der Waals surface area contributed by atoms with Crippen molar-refractivity contribution in [2.24, 2.45) is 5.92 Å². The van der Waals surface area contributed by atoms with E-state index in [-0.39, 0.29) is 0 Å². The lowest BCUT2D eigenvalue weighted by molar-refractivity contribution is 0.415. The van der Waals surface area contributed by atoms with Crippen LogP contribution < -0.4 is 0 Å². The Balaban J connectivity index is 0. The van der Waals surface area contributed by atoms with E-state index >= 15 is 0 Å². The van der Waals surface area contributed by atoms with Crippen molar-refractivity contribution < 1.29 is 0 Å². The molecule has 0 saturated heterocycles. The van der Waals surface area contributed by atoms with Crippen molar-refractivity contribution in [3.05, 3.63) is 35.9 Å². The zero-order chi connectivity index (χ0) is 14.4. The zero-order valence-electron chi connectivity index (χ0n) is 13.7. The van der Waals surface area contributed by atoms with Crippen LogP contribution in [0.15, 0.2) is 30.3 Å². The van der Waals surface area contributed by atoms with E-state index in [2.05, 4.69) is 51.1 Å². The van der Waals surface area contributed by atoms with Gasteiger partial charge in [0.05, 0.1) is 0 Å². The average molecular weight is 250 g/mol. The Morgan fingerprint density at radius 2 is 1.39 bits per heavy atom. The highest BCUT2D eigenvalue weighted by Crippen LogP contribution is 2.30. The molecule has 0 aliphatic heterocycles. The lowest BCUT2D eigenvalue weighted by Gasteiger charge is -2.22. The van der Waals surface area contributed by atoms with Crippen molar-refractivity contribution in [1.82, 2.24) is 0 Å². The molecule has 0 heteroatoms. The topological polar surface area (TPSA) is 0 Å². The van der Waals surface area contributed by atoms with E-state index in [4.69, 9.17) is 0 Å². The van der Waals surface area contributed by atoms with E-state index in [9.17, 15) is 0 Å². The molecule has 0 aromatic heterocycles. The van der Waals surface area contributed by atoms with Gasteiger partial charge in [-0.3, -0.25) is 0 Å². The lowest BCUT2D eigenvalue weighted by Crippen LogP contribution is -2.08. The predicted octanol–water partition coefficient (Wildman–Crippen LogP) is 6.67. The summed E-state index contributed by atoms with van der Waals surface area (Å²) in [4.78, 5) is 0. The molecule has 106 valence electrons. The minimum absolute atomic E-state index is 0.746. The average Bonchev–Trinajstić information content (AvgIpc) is 2.45. The van der Waals surface area contributed by atoms with Crippen molar-refractivity contribution in [2.75, 3.05) is 0 Å². The number of hydrogen-bond donors (Lipinski definition) is 0. The monoisotopic (exact) mass is 250 g/mol. The van der Waals surface area contributed by atoms with Crippen LogP contribution in [0.4, 0.5) is 0 Å². The van der Waals surface area contributed by atoms with Crippen LogP contribution in [-0.2, 0) is 0 Å². The van der Waals surface area contributed by atoms with Crippen molar-refractivity contribution >= 4 is 0 Å². The van der Waals surface area contributed by atoms with Crippen LogP contribution in [0.2, 0.25) is 0 Å². The quantitative estimate of drug-likeness (QED) is 0.547. The van der Waals surface area contributed by atoms with Gasteiger partial charge in [-0.25, -0.2) is 0 Å². The first-order valence-corrected chi connectivity index (χ1v) is 7.84. The van der Waals surface area contributed by atoms with Gasteiger partial charge in [0, 0.05) is 0 Å². The van der Waals surface area contributed by atoms with E-state index in [0.717, 1.165) is 11.8 Å². The summed E-state index contributed by atoms with van der Waals surface area (Å²) in [7, 11) is 0. The number of rotatable bonds is 5. The summed E-state index contributed by atoms with van der Waals surface area (Å²) >= 11 is 0. The summed E-state index contributed by atoms with van der Waals surface area (Å²) in [6, 6.07) is 10.9. The van der Waals surface area contributed by atoms with Gasteiger partial charge in [-0.15, -0.1) is 0 Å². The van der Waals surface area contributed by atoms with E-state index in [0.29, 0.717) is 0 Å². The third kappa shape index (κ3) is 7.53. The molecule has 1 aromatic carbocycles. The van der Waals surface area contributed by atoms with E-state index < -0.39 is 0 Å². The van der Waals surface area contributed by atoms with E-state index in [1.165, 1.54) is 24.8 Å². The van der Waals surface area contributed by atoms with Gasteiger partial charge >= 0.3 is 0 Å². The van der Waals surface area contributed by atoms with Crippen LogP contribution in [0, 0.1) is 5.92 Å². The molecule has 0 heterocycles. The predicted molar refractivity (Wildman–Crippen MR) is 86.2 cm³/mol. The van der Waals surface area contributed by atoms with Gasteiger partial charge in [0.1, 0.15) is 0 Å². The molecule has 2 atom stereocenters. The zero-order valence-corrected chi connectivity index (χ0v) is 13.7. The summed E-state index contributed by atoms with van der Waals surface area (Å²) in [6.07, 6.45) is 3.89. The van der Waals surface area contributed by atoms with Crippen molar-refractivity contribution in [1.29, 1.82) is 0 Å². The molecule has 0 N–H and O–H groups in total. The third-order valence-electron chi connectivity index (χ3n) is 3.10. The maximum absolute atomic E-state index is 2.38. The molecule has 18 heavy (non-hydrogen) atoms. The minimum Gasteiger partial charge on any atom is -0.0683 e. The molecule has 0 fully saturated rings. The fraction of sp³-hybridized carbons (Fsp3) is 0.667. The standard InChI is InChI=1S/C14H22.2C2H6/c1-4-9-12(3)14(5-2)13-10-7-6-8-11-13;2*1-2/h6-8,10-12,14H,4-5,9H2,1-3H3;2*1-2H3. The van der Waals surface area contributed by atoms with Crippen molar-refractivity contribution in [2.45, 2.75) is 73.6 Å². The summed E-state index contributed by atoms with van der Waals surface area (Å²) < 4.78 is 0. The van der Waals surface area contributed by atoms with Gasteiger partial charge in [0.15, 0.2) is 0 Å². The molecule has 0 bridgehead atoms. The van der Waals surface area contributed by atoms with Crippen LogP contribution in [0.3, 0.4) is 0 Å². The Hall–Kier alpha value is -0.780. The molecule has 0 saturated carbocycles. The van der Waals surface area contributed by atoms with Crippen LogP contribution in [0.1, 0.15) is 79.2 Å². The molecular weight excluding hydrogens is 216 g/mol. The second-order valence-electron chi connectivity index (χ2n) is 4.19. The SMILES string of the molecule is CC.CC.CCCC(C)C(CC)c1ccccc1. The highest BCUT2D eigenvalue weighted by Gasteiger charge is 2.15. The molecular formula is C18H34. The Morgan fingerprint density at radius 3 is 1.78 bits per heavy atom. The summed E-state index contributed by atoms with van der Waals surface area (Å²) in [6.45, 7) is 14.9. The minimum atomic E-state index is 0.746. The van der Waals surface area contributed by atoms with Crippen LogP contribution in [0.5, 0.6) is 0 Å². The van der Waals surface area contributed by atoms with Crippen molar-refractivity contribution in [3.8, 4) is 0 Å². The number of benzene rings is 1. The molecule has 1 rings (SSSR count). The molecule has 0 amide bonds. The maximum Gasteiger partial charge on any atom is -0.0139 e. The molecule has 0 radical (unpaired) electrons. The Kier molecular flexibility index (Phi) is 15.5. The Labute approximate surface area is 116 Å².